The molecule has 0 fully saturated rings. The summed E-state index contributed by atoms with van der Waals surface area (Å²) in [5.41, 5.74) is 1.73. The SMILES string of the molecule is C[C@H](Cc1ccc2ccccc2n1)OS(C)(=O)=O. The van der Waals surface area contributed by atoms with E-state index in [4.69, 9.17) is 4.18 Å². The molecular formula is C13H15NO3S. The van der Waals surface area contributed by atoms with Crippen molar-refractivity contribution in [1.82, 2.24) is 4.98 Å². The summed E-state index contributed by atoms with van der Waals surface area (Å²) >= 11 is 0. The van der Waals surface area contributed by atoms with Crippen LogP contribution in [0.2, 0.25) is 0 Å². The molecule has 0 unspecified atom stereocenters. The van der Waals surface area contributed by atoms with Crippen molar-refractivity contribution in [3.8, 4) is 0 Å². The second-order valence-corrected chi connectivity index (χ2v) is 5.91. The highest BCUT2D eigenvalue weighted by molar-refractivity contribution is 7.86. The third kappa shape index (κ3) is 3.51. The Morgan fingerprint density at radius 3 is 2.67 bits per heavy atom. The number of hydrogen-bond acceptors (Lipinski definition) is 4. The van der Waals surface area contributed by atoms with Gasteiger partial charge in [-0.2, -0.15) is 8.42 Å². The molecule has 0 amide bonds. The molecule has 4 nitrogen and oxygen atoms in total. The molecule has 5 heteroatoms. The van der Waals surface area contributed by atoms with Crippen molar-refractivity contribution in [3.63, 3.8) is 0 Å². The Morgan fingerprint density at radius 1 is 1.22 bits per heavy atom. The number of fused-ring (bicyclic) bond motifs is 1. The van der Waals surface area contributed by atoms with Gasteiger partial charge in [-0.15, -0.1) is 0 Å². The predicted octanol–water partition coefficient (Wildman–Crippen LogP) is 2.14. The van der Waals surface area contributed by atoms with Gasteiger partial charge in [-0.05, 0) is 19.1 Å². The van der Waals surface area contributed by atoms with Crippen LogP contribution < -0.4 is 0 Å². The molecule has 1 aromatic carbocycles. The van der Waals surface area contributed by atoms with Crippen molar-refractivity contribution in [1.29, 1.82) is 0 Å². The van der Waals surface area contributed by atoms with Gasteiger partial charge < -0.3 is 0 Å². The van der Waals surface area contributed by atoms with Crippen molar-refractivity contribution < 1.29 is 12.6 Å². The molecule has 1 aromatic heterocycles. The van der Waals surface area contributed by atoms with Gasteiger partial charge >= 0.3 is 0 Å². The zero-order valence-electron chi connectivity index (χ0n) is 10.3. The number of rotatable bonds is 4. The fourth-order valence-corrected chi connectivity index (χ4v) is 2.51. The monoisotopic (exact) mass is 265 g/mol. The van der Waals surface area contributed by atoms with E-state index in [0.29, 0.717) is 6.42 Å². The van der Waals surface area contributed by atoms with E-state index < -0.39 is 16.2 Å². The Labute approximate surface area is 107 Å². The summed E-state index contributed by atoms with van der Waals surface area (Å²) in [5, 5.41) is 1.07. The second kappa shape index (κ2) is 5.04. The van der Waals surface area contributed by atoms with Gasteiger partial charge in [0.2, 0.25) is 0 Å². The first-order valence-electron chi connectivity index (χ1n) is 5.67. The lowest BCUT2D eigenvalue weighted by molar-refractivity contribution is 0.230. The van der Waals surface area contributed by atoms with Crippen molar-refractivity contribution in [2.45, 2.75) is 19.4 Å². The molecule has 2 rings (SSSR count). The highest BCUT2D eigenvalue weighted by Gasteiger charge is 2.11. The maximum atomic E-state index is 11.0. The van der Waals surface area contributed by atoms with Crippen LogP contribution in [0.15, 0.2) is 36.4 Å². The molecule has 2 aromatic rings. The third-order valence-electron chi connectivity index (χ3n) is 2.49. The van der Waals surface area contributed by atoms with Gasteiger partial charge in [0.05, 0.1) is 17.9 Å². The Bertz CT molecular complexity index is 652. The summed E-state index contributed by atoms with van der Waals surface area (Å²) in [6, 6.07) is 11.7. The molecule has 0 aliphatic rings. The van der Waals surface area contributed by atoms with Crippen molar-refractivity contribution in [2.24, 2.45) is 0 Å². The maximum Gasteiger partial charge on any atom is 0.264 e. The van der Waals surface area contributed by atoms with Crippen LogP contribution in [0.3, 0.4) is 0 Å². The van der Waals surface area contributed by atoms with Crippen LogP contribution in [-0.4, -0.2) is 25.8 Å². The number of benzene rings is 1. The summed E-state index contributed by atoms with van der Waals surface area (Å²) in [7, 11) is -3.41. The number of aromatic nitrogens is 1. The van der Waals surface area contributed by atoms with E-state index in [0.717, 1.165) is 22.9 Å². The Kier molecular flexibility index (Phi) is 3.63. The fourth-order valence-electron chi connectivity index (χ4n) is 1.85. The summed E-state index contributed by atoms with van der Waals surface area (Å²) in [6.45, 7) is 1.72. The number of pyridine rings is 1. The minimum absolute atomic E-state index is 0.409. The number of hydrogen-bond donors (Lipinski definition) is 0. The Morgan fingerprint density at radius 2 is 1.94 bits per heavy atom. The summed E-state index contributed by atoms with van der Waals surface area (Å²) in [4.78, 5) is 4.47. The van der Waals surface area contributed by atoms with Crippen molar-refractivity contribution >= 4 is 21.0 Å². The first-order chi connectivity index (χ1) is 8.44. The van der Waals surface area contributed by atoms with Gasteiger partial charge in [0.15, 0.2) is 0 Å². The predicted molar refractivity (Wildman–Crippen MR) is 70.8 cm³/mol. The van der Waals surface area contributed by atoms with Crippen molar-refractivity contribution in [2.75, 3.05) is 6.26 Å². The van der Waals surface area contributed by atoms with Crippen LogP contribution in [0.25, 0.3) is 10.9 Å². The lowest BCUT2D eigenvalue weighted by atomic mass is 10.1. The van der Waals surface area contributed by atoms with E-state index in [1.54, 1.807) is 6.92 Å². The van der Waals surface area contributed by atoms with E-state index in [1.165, 1.54) is 0 Å². The van der Waals surface area contributed by atoms with Gasteiger partial charge in [0.25, 0.3) is 10.1 Å². The molecule has 0 N–H and O–H groups in total. The molecule has 1 heterocycles. The maximum absolute atomic E-state index is 11.0. The molecule has 0 radical (unpaired) electrons. The van der Waals surface area contributed by atoms with E-state index >= 15 is 0 Å². The normalized spacial score (nSPS) is 13.7. The molecule has 0 spiro atoms. The van der Waals surface area contributed by atoms with Gasteiger partial charge in [-0.25, -0.2) is 0 Å². The quantitative estimate of drug-likeness (QED) is 0.795. The standard InChI is InChI=1S/C13H15NO3S/c1-10(17-18(2,15)16)9-12-8-7-11-5-3-4-6-13(11)14-12/h3-8,10H,9H2,1-2H3/t10-/m1/s1. The third-order valence-corrected chi connectivity index (χ3v) is 3.17. The van der Waals surface area contributed by atoms with E-state index in [9.17, 15) is 8.42 Å². The molecule has 18 heavy (non-hydrogen) atoms. The van der Waals surface area contributed by atoms with Crippen LogP contribution in [0, 0.1) is 0 Å². The molecular weight excluding hydrogens is 250 g/mol. The zero-order chi connectivity index (χ0) is 13.2. The van der Waals surface area contributed by atoms with Gasteiger partial charge in [0, 0.05) is 17.5 Å². The minimum atomic E-state index is -3.41. The van der Waals surface area contributed by atoms with Crippen molar-refractivity contribution in [3.05, 3.63) is 42.1 Å². The Balaban J connectivity index is 2.17. The molecule has 0 aliphatic heterocycles. The van der Waals surface area contributed by atoms with Gasteiger partial charge in [0.1, 0.15) is 0 Å². The Hall–Kier alpha value is -1.46. The molecule has 0 saturated carbocycles. The van der Waals surface area contributed by atoms with Gasteiger partial charge in [-0.1, -0.05) is 24.3 Å². The average molecular weight is 265 g/mol. The van der Waals surface area contributed by atoms with Crippen LogP contribution in [0.1, 0.15) is 12.6 Å². The topological polar surface area (TPSA) is 56.3 Å². The summed E-state index contributed by atoms with van der Waals surface area (Å²) in [5.74, 6) is 0. The molecule has 96 valence electrons. The van der Waals surface area contributed by atoms with E-state index in [-0.39, 0.29) is 0 Å². The lowest BCUT2D eigenvalue weighted by Gasteiger charge is -2.10. The number of nitrogens with zero attached hydrogens (tertiary/aromatic N) is 1. The van der Waals surface area contributed by atoms with Crippen LogP contribution in [0.5, 0.6) is 0 Å². The van der Waals surface area contributed by atoms with Crippen LogP contribution in [0.4, 0.5) is 0 Å². The highest BCUT2D eigenvalue weighted by atomic mass is 32.2. The molecule has 0 saturated heterocycles. The minimum Gasteiger partial charge on any atom is -0.267 e. The number of para-hydroxylation sites is 1. The first-order valence-corrected chi connectivity index (χ1v) is 7.48. The second-order valence-electron chi connectivity index (χ2n) is 4.31. The molecule has 0 bridgehead atoms. The van der Waals surface area contributed by atoms with E-state index in [2.05, 4.69) is 4.98 Å². The lowest BCUT2D eigenvalue weighted by Crippen LogP contribution is -2.17. The largest absolute Gasteiger partial charge is 0.267 e. The zero-order valence-corrected chi connectivity index (χ0v) is 11.1. The smallest absolute Gasteiger partial charge is 0.264 e. The first kappa shape index (κ1) is 13.0. The van der Waals surface area contributed by atoms with Crippen LogP contribution >= 0.6 is 0 Å². The average Bonchev–Trinajstić information content (AvgIpc) is 2.26. The summed E-state index contributed by atoms with van der Waals surface area (Å²) in [6.07, 6.45) is 1.11. The van der Waals surface area contributed by atoms with E-state index in [1.807, 2.05) is 36.4 Å². The van der Waals surface area contributed by atoms with Crippen LogP contribution in [-0.2, 0) is 20.7 Å². The highest BCUT2D eigenvalue weighted by Crippen LogP contribution is 2.13. The summed E-state index contributed by atoms with van der Waals surface area (Å²) < 4.78 is 26.9. The molecule has 0 aliphatic carbocycles. The fraction of sp³-hybridized carbons (Fsp3) is 0.308. The van der Waals surface area contributed by atoms with Gasteiger partial charge in [-0.3, -0.25) is 9.17 Å². The molecule has 1 atom stereocenters.